The van der Waals surface area contributed by atoms with Crippen LogP contribution in [0, 0.1) is 11.3 Å². The van der Waals surface area contributed by atoms with Crippen molar-refractivity contribution in [2.75, 3.05) is 7.05 Å². The zero-order chi connectivity index (χ0) is 8.97. The second kappa shape index (κ2) is 3.74. The zero-order valence-corrected chi connectivity index (χ0v) is 6.83. The maximum atomic E-state index is 9.36. The number of rotatable bonds is 2. The van der Waals surface area contributed by atoms with E-state index in [9.17, 15) is 5.11 Å². The number of aromatic hydroxyl groups is 1. The highest BCUT2D eigenvalue weighted by atomic mass is 16.3. The van der Waals surface area contributed by atoms with Crippen LogP contribution in [0.1, 0.15) is 11.1 Å². The second-order valence-corrected chi connectivity index (χ2v) is 2.49. The lowest BCUT2D eigenvalue weighted by Crippen LogP contribution is -2.04. The van der Waals surface area contributed by atoms with Gasteiger partial charge in [0, 0.05) is 12.1 Å². The highest BCUT2D eigenvalue weighted by Gasteiger charge is 2.00. The molecule has 0 spiro atoms. The van der Waals surface area contributed by atoms with E-state index in [1.165, 1.54) is 6.07 Å². The Morgan fingerprint density at radius 1 is 1.58 bits per heavy atom. The van der Waals surface area contributed by atoms with Gasteiger partial charge in [0.1, 0.15) is 5.75 Å². The Hall–Kier alpha value is -1.53. The van der Waals surface area contributed by atoms with Crippen molar-refractivity contribution in [2.24, 2.45) is 0 Å². The summed E-state index contributed by atoms with van der Waals surface area (Å²) in [5.41, 5.74) is 1.28. The number of benzene rings is 1. The van der Waals surface area contributed by atoms with E-state index in [4.69, 9.17) is 5.26 Å². The van der Waals surface area contributed by atoms with Gasteiger partial charge in [-0.1, -0.05) is 6.07 Å². The third kappa shape index (κ3) is 1.74. The highest BCUT2D eigenvalue weighted by molar-refractivity contribution is 5.41. The Balaban J connectivity index is 2.97. The van der Waals surface area contributed by atoms with Crippen molar-refractivity contribution in [3.8, 4) is 11.8 Å². The van der Waals surface area contributed by atoms with Crippen molar-refractivity contribution < 1.29 is 5.11 Å². The molecule has 0 aliphatic rings. The van der Waals surface area contributed by atoms with E-state index in [0.29, 0.717) is 12.1 Å². The molecule has 0 radical (unpaired) electrons. The lowest BCUT2D eigenvalue weighted by atomic mass is 10.1. The van der Waals surface area contributed by atoms with Gasteiger partial charge in [0.2, 0.25) is 0 Å². The molecule has 3 heteroatoms. The summed E-state index contributed by atoms with van der Waals surface area (Å²) in [6.07, 6.45) is 0. The van der Waals surface area contributed by atoms with Gasteiger partial charge in [0.25, 0.3) is 0 Å². The van der Waals surface area contributed by atoms with E-state index in [2.05, 4.69) is 5.32 Å². The first-order chi connectivity index (χ1) is 5.77. The summed E-state index contributed by atoms with van der Waals surface area (Å²) in [4.78, 5) is 0. The predicted octanol–water partition coefficient (Wildman–Crippen LogP) is 0.983. The lowest BCUT2D eigenvalue weighted by molar-refractivity contribution is 0.466. The maximum absolute atomic E-state index is 9.36. The zero-order valence-electron chi connectivity index (χ0n) is 6.83. The molecule has 2 N–H and O–H groups in total. The molecule has 0 saturated heterocycles. The van der Waals surface area contributed by atoms with E-state index in [1.807, 2.05) is 6.07 Å². The fraction of sp³-hybridized carbons (Fsp3) is 0.222. The van der Waals surface area contributed by atoms with E-state index in [0.717, 1.165) is 5.56 Å². The highest BCUT2D eigenvalue weighted by Crippen LogP contribution is 2.17. The van der Waals surface area contributed by atoms with Crippen LogP contribution in [0.4, 0.5) is 0 Å². The molecule has 0 aliphatic heterocycles. The fourth-order valence-electron chi connectivity index (χ4n) is 0.973. The number of phenolic OH excluding ortho intramolecular Hbond substituents is 1. The SMILES string of the molecule is CNCc1ccc(C#N)cc1O. The van der Waals surface area contributed by atoms with Crippen LogP contribution in [-0.2, 0) is 6.54 Å². The van der Waals surface area contributed by atoms with Gasteiger partial charge in [0.05, 0.1) is 11.6 Å². The molecule has 0 bridgehead atoms. The summed E-state index contributed by atoms with van der Waals surface area (Å²) in [6, 6.07) is 6.85. The van der Waals surface area contributed by atoms with Gasteiger partial charge < -0.3 is 10.4 Å². The van der Waals surface area contributed by atoms with Gasteiger partial charge in [-0.15, -0.1) is 0 Å². The molecular weight excluding hydrogens is 152 g/mol. The predicted molar refractivity (Wildman–Crippen MR) is 45.6 cm³/mol. The molecule has 1 rings (SSSR count). The number of phenols is 1. The summed E-state index contributed by atoms with van der Waals surface area (Å²) >= 11 is 0. The Kier molecular flexibility index (Phi) is 2.67. The molecule has 0 heterocycles. The molecule has 0 aromatic heterocycles. The third-order valence-electron chi connectivity index (χ3n) is 1.58. The molecule has 1 aromatic carbocycles. The summed E-state index contributed by atoms with van der Waals surface area (Å²) in [5, 5.41) is 20.8. The minimum atomic E-state index is 0.170. The van der Waals surface area contributed by atoms with Crippen LogP contribution < -0.4 is 5.32 Å². The van der Waals surface area contributed by atoms with E-state index in [1.54, 1.807) is 19.2 Å². The molecule has 1 aromatic rings. The van der Waals surface area contributed by atoms with Crippen LogP contribution in [0.3, 0.4) is 0 Å². The second-order valence-electron chi connectivity index (χ2n) is 2.49. The van der Waals surface area contributed by atoms with Crippen molar-refractivity contribution >= 4 is 0 Å². The average Bonchev–Trinajstić information content (AvgIpc) is 2.09. The minimum absolute atomic E-state index is 0.170. The standard InChI is InChI=1S/C9H10N2O/c1-11-6-8-3-2-7(5-10)4-9(8)12/h2-4,11-12H,6H2,1H3. The van der Waals surface area contributed by atoms with Crippen LogP contribution >= 0.6 is 0 Å². The van der Waals surface area contributed by atoms with Crippen molar-refractivity contribution in [1.82, 2.24) is 5.32 Å². The molecule has 0 amide bonds. The molecule has 0 saturated carbocycles. The molecular formula is C9H10N2O. The average molecular weight is 162 g/mol. The topological polar surface area (TPSA) is 56.0 Å². The van der Waals surface area contributed by atoms with Crippen molar-refractivity contribution in [1.29, 1.82) is 5.26 Å². The molecule has 0 aliphatic carbocycles. The number of nitriles is 1. The van der Waals surface area contributed by atoms with Crippen LogP contribution in [0.15, 0.2) is 18.2 Å². The van der Waals surface area contributed by atoms with Gasteiger partial charge in [-0.2, -0.15) is 5.26 Å². The summed E-state index contributed by atoms with van der Waals surface area (Å²) in [7, 11) is 1.80. The van der Waals surface area contributed by atoms with Crippen LogP contribution in [0.5, 0.6) is 5.75 Å². The van der Waals surface area contributed by atoms with Gasteiger partial charge in [0.15, 0.2) is 0 Å². The number of nitrogens with zero attached hydrogens (tertiary/aromatic N) is 1. The van der Waals surface area contributed by atoms with E-state index >= 15 is 0 Å². The largest absolute Gasteiger partial charge is 0.508 e. The summed E-state index contributed by atoms with van der Waals surface area (Å²) in [5.74, 6) is 0.170. The molecule has 0 unspecified atom stereocenters. The molecule has 12 heavy (non-hydrogen) atoms. The fourth-order valence-corrected chi connectivity index (χ4v) is 0.973. The monoisotopic (exact) mass is 162 g/mol. The smallest absolute Gasteiger partial charge is 0.121 e. The molecule has 0 atom stereocenters. The lowest BCUT2D eigenvalue weighted by Gasteiger charge is -2.02. The van der Waals surface area contributed by atoms with Crippen LogP contribution in [0.2, 0.25) is 0 Å². The third-order valence-corrected chi connectivity index (χ3v) is 1.58. The van der Waals surface area contributed by atoms with E-state index < -0.39 is 0 Å². The number of nitrogens with one attached hydrogen (secondary N) is 1. The Morgan fingerprint density at radius 3 is 2.83 bits per heavy atom. The first kappa shape index (κ1) is 8.57. The van der Waals surface area contributed by atoms with Gasteiger partial charge in [-0.05, 0) is 19.2 Å². The minimum Gasteiger partial charge on any atom is -0.508 e. The Bertz CT molecular complexity index is 315. The van der Waals surface area contributed by atoms with Crippen LogP contribution in [0.25, 0.3) is 0 Å². The van der Waals surface area contributed by atoms with Crippen molar-refractivity contribution in [2.45, 2.75) is 6.54 Å². The number of hydrogen-bond donors (Lipinski definition) is 2. The van der Waals surface area contributed by atoms with Gasteiger partial charge in [-0.25, -0.2) is 0 Å². The van der Waals surface area contributed by atoms with Gasteiger partial charge in [-0.3, -0.25) is 0 Å². The van der Waals surface area contributed by atoms with E-state index in [-0.39, 0.29) is 5.75 Å². The Labute approximate surface area is 71.3 Å². The maximum Gasteiger partial charge on any atom is 0.121 e. The van der Waals surface area contributed by atoms with Crippen molar-refractivity contribution in [3.05, 3.63) is 29.3 Å². The normalized spacial score (nSPS) is 9.33. The van der Waals surface area contributed by atoms with Crippen LogP contribution in [-0.4, -0.2) is 12.2 Å². The molecule has 0 fully saturated rings. The molecule has 62 valence electrons. The number of hydrogen-bond acceptors (Lipinski definition) is 3. The summed E-state index contributed by atoms with van der Waals surface area (Å²) < 4.78 is 0. The first-order valence-electron chi connectivity index (χ1n) is 3.64. The summed E-state index contributed by atoms with van der Waals surface area (Å²) in [6.45, 7) is 0.609. The quantitative estimate of drug-likeness (QED) is 0.681. The molecule has 3 nitrogen and oxygen atoms in total. The Morgan fingerprint density at radius 2 is 2.33 bits per heavy atom. The van der Waals surface area contributed by atoms with Crippen molar-refractivity contribution in [3.63, 3.8) is 0 Å². The first-order valence-corrected chi connectivity index (χ1v) is 3.64. The van der Waals surface area contributed by atoms with Gasteiger partial charge >= 0.3 is 0 Å².